The molecule has 0 spiro atoms. The molecule has 2 aliphatic rings. The number of carbonyl (C=O) groups excluding carboxylic acids is 1. The van der Waals surface area contributed by atoms with Gasteiger partial charge in [0.05, 0.1) is 17.7 Å². The molecular formula is C29H40ClNO4. The van der Waals surface area contributed by atoms with Crippen molar-refractivity contribution in [2.75, 3.05) is 6.54 Å². The van der Waals surface area contributed by atoms with E-state index in [9.17, 15) is 14.7 Å². The molecule has 1 saturated carbocycles. The highest BCUT2D eigenvalue weighted by Gasteiger charge is 2.31. The van der Waals surface area contributed by atoms with E-state index >= 15 is 0 Å². The molecule has 35 heavy (non-hydrogen) atoms. The summed E-state index contributed by atoms with van der Waals surface area (Å²) in [6.07, 6.45) is 16.1. The van der Waals surface area contributed by atoms with Gasteiger partial charge in [-0.05, 0) is 68.7 Å². The van der Waals surface area contributed by atoms with Gasteiger partial charge in [0, 0.05) is 18.0 Å². The third-order valence-electron chi connectivity index (χ3n) is 5.66. The number of aromatic carboxylic acids is 1. The molecule has 1 aliphatic carbocycles. The quantitative estimate of drug-likeness (QED) is 0.282. The Morgan fingerprint density at radius 2 is 1.86 bits per heavy atom. The van der Waals surface area contributed by atoms with Gasteiger partial charge in [0.2, 0.25) is 5.91 Å². The summed E-state index contributed by atoms with van der Waals surface area (Å²) in [5.74, 6) is -0.329. The second-order valence-corrected chi connectivity index (χ2v) is 8.83. The molecule has 1 aliphatic heterocycles. The van der Waals surface area contributed by atoms with Crippen LogP contribution in [0.5, 0.6) is 0 Å². The number of likely N-dealkylation sites (tertiary alicyclic amines) is 1. The molecule has 1 heterocycles. The summed E-state index contributed by atoms with van der Waals surface area (Å²) in [6, 6.07) is 6.99. The topological polar surface area (TPSA) is 77.8 Å². The molecule has 1 unspecified atom stereocenters. The fourth-order valence-electron chi connectivity index (χ4n) is 3.62. The van der Waals surface area contributed by atoms with E-state index in [0.29, 0.717) is 23.9 Å². The molecule has 192 valence electrons. The number of hydrogen-bond acceptors (Lipinski definition) is 3. The molecule has 5 nitrogen and oxygen atoms in total. The number of carboxylic acid groups (broad SMARTS) is 1. The summed E-state index contributed by atoms with van der Waals surface area (Å²) in [6.45, 7) is 10.1. The van der Waals surface area contributed by atoms with Crippen LogP contribution in [0.25, 0.3) is 0 Å². The average molecular weight is 502 g/mol. The maximum absolute atomic E-state index is 12.1. The lowest BCUT2D eigenvalue weighted by atomic mass is 10.1. The Morgan fingerprint density at radius 1 is 1.20 bits per heavy atom. The van der Waals surface area contributed by atoms with Crippen LogP contribution in [0.15, 0.2) is 72.3 Å². The van der Waals surface area contributed by atoms with Crippen LogP contribution in [-0.4, -0.2) is 45.7 Å². The second kappa shape index (κ2) is 16.9. The smallest absolute Gasteiger partial charge is 0.335 e. The van der Waals surface area contributed by atoms with E-state index in [4.69, 9.17) is 16.7 Å². The minimum Gasteiger partial charge on any atom is -0.478 e. The van der Waals surface area contributed by atoms with Crippen LogP contribution in [0.4, 0.5) is 0 Å². The molecule has 1 amide bonds. The summed E-state index contributed by atoms with van der Waals surface area (Å²) in [4.78, 5) is 24.9. The molecule has 1 aromatic carbocycles. The lowest BCUT2D eigenvalue weighted by Crippen LogP contribution is -2.33. The minimum atomic E-state index is -0.919. The second-order valence-electron chi connectivity index (χ2n) is 8.34. The van der Waals surface area contributed by atoms with Gasteiger partial charge < -0.3 is 15.1 Å². The van der Waals surface area contributed by atoms with Crippen LogP contribution in [0.3, 0.4) is 0 Å². The van der Waals surface area contributed by atoms with Gasteiger partial charge in [-0.3, -0.25) is 4.79 Å². The number of nitrogens with zero attached hydrogens (tertiary/aromatic N) is 1. The van der Waals surface area contributed by atoms with E-state index < -0.39 is 5.97 Å². The molecule has 6 heteroatoms. The first-order chi connectivity index (χ1) is 16.8. The summed E-state index contributed by atoms with van der Waals surface area (Å²) < 4.78 is 0. The molecule has 2 fully saturated rings. The molecule has 0 radical (unpaired) electrons. The lowest BCUT2D eigenvalue weighted by molar-refractivity contribution is -0.128. The fraction of sp³-hybridized carbons (Fsp3) is 0.448. The normalized spacial score (nSPS) is 18.4. The molecule has 3 rings (SSSR count). The van der Waals surface area contributed by atoms with Gasteiger partial charge in [-0.25, -0.2) is 4.79 Å². The van der Waals surface area contributed by atoms with Crippen LogP contribution >= 0.6 is 11.6 Å². The van der Waals surface area contributed by atoms with Gasteiger partial charge in [-0.15, -0.1) is 0 Å². The number of benzene rings is 1. The largest absolute Gasteiger partial charge is 0.478 e. The van der Waals surface area contributed by atoms with E-state index in [-0.39, 0.29) is 23.6 Å². The number of aryl methyl sites for hydroxylation is 1. The van der Waals surface area contributed by atoms with Crippen LogP contribution in [0.1, 0.15) is 68.8 Å². The highest BCUT2D eigenvalue weighted by Crippen LogP contribution is 2.33. The molecule has 0 bridgehead atoms. The number of aliphatic hydroxyl groups excluding tert-OH is 1. The van der Waals surface area contributed by atoms with E-state index in [1.54, 1.807) is 18.2 Å². The zero-order valence-electron chi connectivity index (χ0n) is 21.2. The van der Waals surface area contributed by atoms with Crippen molar-refractivity contribution in [3.05, 3.63) is 83.5 Å². The van der Waals surface area contributed by atoms with Gasteiger partial charge in [-0.1, -0.05) is 74.5 Å². The van der Waals surface area contributed by atoms with Crippen LogP contribution in [0, 0.1) is 5.92 Å². The number of rotatable bonds is 10. The van der Waals surface area contributed by atoms with Crippen molar-refractivity contribution >= 4 is 23.5 Å². The van der Waals surface area contributed by atoms with Crippen molar-refractivity contribution in [2.45, 2.75) is 71.4 Å². The Kier molecular flexibility index (Phi) is 14.7. The van der Waals surface area contributed by atoms with Gasteiger partial charge in [0.15, 0.2) is 0 Å². The van der Waals surface area contributed by atoms with Gasteiger partial charge >= 0.3 is 5.97 Å². The standard InChI is InChI=1S/C20H25NO4.C7H9Cl.C2H6/c22-18(15-7-8-15)11-9-17-10-12-19(23)21(17)13-1-2-14-3-5-16(6-4-14)20(24)25;1-3-4-5-6-7(2)8;1-2/h3-6,9,11,15,17-18,22H,1-2,7-8,10,12-13H2,(H,24,25);3-6H,2H2,1H3;1-2H3/b11-9+;4-3-,6-5-;/t17-,18?;;/m0../s1. The Hall–Kier alpha value is -2.63. The van der Waals surface area contributed by atoms with E-state index in [2.05, 4.69) is 6.58 Å². The Labute approximate surface area is 215 Å². The summed E-state index contributed by atoms with van der Waals surface area (Å²) in [5.41, 5.74) is 1.37. The van der Waals surface area contributed by atoms with E-state index in [1.807, 2.05) is 68.2 Å². The zero-order valence-corrected chi connectivity index (χ0v) is 22.0. The molecular weight excluding hydrogens is 462 g/mol. The Balaban J connectivity index is 0.000000523. The molecule has 2 N–H and O–H groups in total. The highest BCUT2D eigenvalue weighted by molar-refractivity contribution is 6.30. The highest BCUT2D eigenvalue weighted by atomic mass is 35.5. The van der Waals surface area contributed by atoms with Crippen molar-refractivity contribution in [1.29, 1.82) is 0 Å². The third kappa shape index (κ3) is 12.1. The van der Waals surface area contributed by atoms with Crippen LogP contribution in [-0.2, 0) is 11.2 Å². The molecule has 1 saturated heterocycles. The summed E-state index contributed by atoms with van der Waals surface area (Å²) in [5, 5.41) is 19.4. The first kappa shape index (κ1) is 30.4. The number of carboxylic acids is 1. The van der Waals surface area contributed by atoms with Crippen molar-refractivity contribution in [3.63, 3.8) is 0 Å². The number of halogens is 1. The van der Waals surface area contributed by atoms with Crippen molar-refractivity contribution in [3.8, 4) is 0 Å². The predicted octanol–water partition coefficient (Wildman–Crippen LogP) is 6.53. The van der Waals surface area contributed by atoms with Gasteiger partial charge in [-0.2, -0.15) is 0 Å². The van der Waals surface area contributed by atoms with Gasteiger partial charge in [0.1, 0.15) is 0 Å². The van der Waals surface area contributed by atoms with Crippen molar-refractivity contribution in [1.82, 2.24) is 4.90 Å². The van der Waals surface area contributed by atoms with Crippen molar-refractivity contribution < 1.29 is 19.8 Å². The summed E-state index contributed by atoms with van der Waals surface area (Å²) >= 11 is 5.40. The Morgan fingerprint density at radius 3 is 2.40 bits per heavy atom. The number of allylic oxidation sites excluding steroid dienone is 5. The predicted molar refractivity (Wildman–Crippen MR) is 145 cm³/mol. The first-order valence-corrected chi connectivity index (χ1v) is 12.8. The minimum absolute atomic E-state index is 0.0929. The number of amides is 1. The van der Waals surface area contributed by atoms with Crippen LogP contribution < -0.4 is 0 Å². The maximum Gasteiger partial charge on any atom is 0.335 e. The molecule has 0 aromatic heterocycles. The zero-order chi connectivity index (χ0) is 26.2. The Bertz CT molecular complexity index is 884. The van der Waals surface area contributed by atoms with Gasteiger partial charge in [0.25, 0.3) is 0 Å². The SMILES string of the molecule is C=C(Cl)/C=C\C=C/C.CC.O=C(O)c1ccc(CCCN2C(=O)CC[C@@H]2/C=C/C(O)C2CC2)cc1. The number of aliphatic hydroxyl groups is 1. The first-order valence-electron chi connectivity index (χ1n) is 12.4. The van der Waals surface area contributed by atoms with E-state index in [1.165, 1.54) is 0 Å². The molecule has 1 aromatic rings. The monoisotopic (exact) mass is 501 g/mol. The fourth-order valence-corrected chi connectivity index (χ4v) is 3.69. The van der Waals surface area contributed by atoms with E-state index in [0.717, 1.165) is 37.7 Å². The lowest BCUT2D eigenvalue weighted by Gasteiger charge is -2.22. The van der Waals surface area contributed by atoms with Crippen molar-refractivity contribution in [2.24, 2.45) is 5.92 Å². The maximum atomic E-state index is 12.1. The third-order valence-corrected chi connectivity index (χ3v) is 5.78. The molecule has 2 atom stereocenters. The summed E-state index contributed by atoms with van der Waals surface area (Å²) in [7, 11) is 0. The number of carbonyl (C=O) groups is 2. The number of hydrogen-bond donors (Lipinski definition) is 2. The average Bonchev–Trinajstić information content (AvgIpc) is 3.64. The van der Waals surface area contributed by atoms with Crippen LogP contribution in [0.2, 0.25) is 0 Å².